The van der Waals surface area contributed by atoms with Crippen LogP contribution in [0.5, 0.6) is 0 Å². The summed E-state index contributed by atoms with van der Waals surface area (Å²) in [4.78, 5) is 17.6. The molecule has 20 heavy (non-hydrogen) atoms. The summed E-state index contributed by atoms with van der Waals surface area (Å²) in [5.74, 6) is 0.111. The molecule has 1 heterocycles. The van der Waals surface area contributed by atoms with Crippen molar-refractivity contribution in [1.82, 2.24) is 4.98 Å². The van der Waals surface area contributed by atoms with Gasteiger partial charge < -0.3 is 0 Å². The minimum Gasteiger partial charge on any atom is -0.294 e. The van der Waals surface area contributed by atoms with Crippen molar-refractivity contribution in [2.75, 3.05) is 0 Å². The minimum absolute atomic E-state index is 0.111. The average Bonchev–Trinajstić information content (AvgIpc) is 2.97. The second kappa shape index (κ2) is 5.80. The Morgan fingerprint density at radius 2 is 1.60 bits per heavy atom. The Balaban J connectivity index is 1.77. The number of hydrogen-bond donors (Lipinski definition) is 0. The highest BCUT2D eigenvalue weighted by atomic mass is 32.1. The van der Waals surface area contributed by atoms with Crippen molar-refractivity contribution >= 4 is 17.1 Å². The Bertz CT molecular complexity index is 704. The highest BCUT2D eigenvalue weighted by Crippen LogP contribution is 2.26. The maximum Gasteiger partial charge on any atom is 0.169 e. The van der Waals surface area contributed by atoms with E-state index in [0.29, 0.717) is 6.42 Å². The van der Waals surface area contributed by atoms with Crippen LogP contribution in [0.4, 0.5) is 0 Å². The van der Waals surface area contributed by atoms with E-state index in [1.54, 1.807) is 11.3 Å². The van der Waals surface area contributed by atoms with E-state index < -0.39 is 0 Å². The van der Waals surface area contributed by atoms with E-state index in [2.05, 4.69) is 17.1 Å². The van der Waals surface area contributed by atoms with Gasteiger partial charge in [-0.15, -0.1) is 11.3 Å². The highest BCUT2D eigenvalue weighted by molar-refractivity contribution is 7.15. The quantitative estimate of drug-likeness (QED) is 0.669. The first-order valence-electron chi connectivity index (χ1n) is 6.41. The Kier molecular flexibility index (Phi) is 3.70. The number of nitrogens with zero attached hydrogens (tertiary/aromatic N) is 1. The summed E-state index contributed by atoms with van der Waals surface area (Å²) < 4.78 is 0. The van der Waals surface area contributed by atoms with Gasteiger partial charge in [-0.2, -0.15) is 0 Å². The highest BCUT2D eigenvalue weighted by Gasteiger charge is 2.10. The fourth-order valence-corrected chi connectivity index (χ4v) is 2.91. The summed E-state index contributed by atoms with van der Waals surface area (Å²) in [6, 6.07) is 19.5. The van der Waals surface area contributed by atoms with E-state index in [9.17, 15) is 4.79 Å². The van der Waals surface area contributed by atoms with Crippen molar-refractivity contribution in [3.8, 4) is 10.4 Å². The van der Waals surface area contributed by atoms with Crippen LogP contribution in [0.15, 0.2) is 66.9 Å². The molecule has 1 aromatic heterocycles. The van der Waals surface area contributed by atoms with Gasteiger partial charge >= 0.3 is 0 Å². The zero-order valence-corrected chi connectivity index (χ0v) is 11.6. The van der Waals surface area contributed by atoms with Gasteiger partial charge in [-0.1, -0.05) is 60.7 Å². The number of carbonyl (C=O) groups is 1. The largest absolute Gasteiger partial charge is 0.294 e. The van der Waals surface area contributed by atoms with Crippen molar-refractivity contribution < 1.29 is 4.79 Å². The van der Waals surface area contributed by atoms with Gasteiger partial charge in [0.15, 0.2) is 5.78 Å². The Labute approximate surface area is 121 Å². The summed E-state index contributed by atoms with van der Waals surface area (Å²) in [5, 5.41) is 0.859. The molecule has 0 unspecified atom stereocenters. The van der Waals surface area contributed by atoms with Crippen molar-refractivity contribution in [1.29, 1.82) is 0 Å². The van der Waals surface area contributed by atoms with Crippen molar-refractivity contribution in [2.45, 2.75) is 6.42 Å². The number of rotatable bonds is 4. The summed E-state index contributed by atoms with van der Waals surface area (Å²) in [7, 11) is 0. The second-order valence-electron chi connectivity index (χ2n) is 4.45. The van der Waals surface area contributed by atoms with Gasteiger partial charge in [-0.25, -0.2) is 4.98 Å². The zero-order valence-electron chi connectivity index (χ0n) is 10.8. The van der Waals surface area contributed by atoms with E-state index in [4.69, 9.17) is 0 Å². The molecule has 0 saturated heterocycles. The van der Waals surface area contributed by atoms with Crippen LogP contribution in [-0.4, -0.2) is 10.8 Å². The fourth-order valence-electron chi connectivity index (χ4n) is 1.99. The molecule has 0 aliphatic heterocycles. The lowest BCUT2D eigenvalue weighted by Crippen LogP contribution is -2.02. The van der Waals surface area contributed by atoms with Crippen LogP contribution in [0.1, 0.15) is 15.4 Å². The fraction of sp³-hybridized carbons (Fsp3) is 0.0588. The molecule has 0 N–H and O–H groups in total. The number of benzene rings is 2. The normalized spacial score (nSPS) is 10.4. The van der Waals surface area contributed by atoms with E-state index in [-0.39, 0.29) is 5.78 Å². The average molecular weight is 279 g/mol. The number of thiazole rings is 1. The lowest BCUT2D eigenvalue weighted by atomic mass is 10.1. The Hall–Kier alpha value is -2.26. The van der Waals surface area contributed by atoms with Gasteiger partial charge in [0, 0.05) is 11.8 Å². The van der Waals surface area contributed by atoms with Crippen molar-refractivity contribution in [2.24, 2.45) is 0 Å². The molecule has 0 atom stereocenters. The third kappa shape index (κ3) is 2.83. The Morgan fingerprint density at radius 1 is 0.950 bits per heavy atom. The van der Waals surface area contributed by atoms with Crippen LogP contribution in [0.3, 0.4) is 0 Å². The molecule has 0 radical (unpaired) electrons. The van der Waals surface area contributed by atoms with E-state index in [1.165, 1.54) is 0 Å². The molecule has 3 aromatic rings. The van der Waals surface area contributed by atoms with Gasteiger partial charge in [0.25, 0.3) is 0 Å². The molecule has 2 aromatic carbocycles. The van der Waals surface area contributed by atoms with Crippen LogP contribution >= 0.6 is 11.3 Å². The molecule has 0 amide bonds. The van der Waals surface area contributed by atoms with Crippen molar-refractivity contribution in [3.05, 3.63) is 77.4 Å². The molecular weight excluding hydrogens is 266 g/mol. The first kappa shape index (κ1) is 12.8. The first-order chi connectivity index (χ1) is 9.83. The SMILES string of the molecule is O=C(Cc1ncc(-c2ccccc2)s1)c1ccccc1. The number of carbonyl (C=O) groups excluding carboxylic acids is 1. The molecule has 0 bridgehead atoms. The molecule has 0 saturated carbocycles. The van der Waals surface area contributed by atoms with Crippen LogP contribution in [0, 0.1) is 0 Å². The first-order valence-corrected chi connectivity index (χ1v) is 7.23. The predicted octanol–water partition coefficient (Wildman–Crippen LogP) is 4.24. The number of ketones is 1. The van der Waals surface area contributed by atoms with Crippen LogP contribution in [-0.2, 0) is 6.42 Å². The standard InChI is InChI=1S/C17H13NOS/c19-15(13-7-3-1-4-8-13)11-17-18-12-16(20-17)14-9-5-2-6-10-14/h1-10,12H,11H2. The monoisotopic (exact) mass is 279 g/mol. The molecule has 3 rings (SSSR count). The second-order valence-corrected chi connectivity index (χ2v) is 5.57. The summed E-state index contributed by atoms with van der Waals surface area (Å²) in [5.41, 5.74) is 1.88. The molecule has 98 valence electrons. The predicted molar refractivity (Wildman–Crippen MR) is 82.0 cm³/mol. The number of aromatic nitrogens is 1. The molecule has 2 nitrogen and oxygen atoms in total. The molecule has 0 fully saturated rings. The topological polar surface area (TPSA) is 30.0 Å². The molecule has 3 heteroatoms. The minimum atomic E-state index is 0.111. The van der Waals surface area contributed by atoms with E-state index in [0.717, 1.165) is 21.0 Å². The van der Waals surface area contributed by atoms with Crippen LogP contribution in [0.2, 0.25) is 0 Å². The molecule has 0 spiro atoms. The molecule has 0 aliphatic carbocycles. The lowest BCUT2D eigenvalue weighted by molar-refractivity contribution is 0.0993. The third-order valence-electron chi connectivity index (χ3n) is 3.02. The summed E-state index contributed by atoms with van der Waals surface area (Å²) in [6.07, 6.45) is 2.20. The van der Waals surface area contributed by atoms with E-state index >= 15 is 0 Å². The van der Waals surface area contributed by atoms with Gasteiger partial charge in [0.2, 0.25) is 0 Å². The molecule has 0 aliphatic rings. The smallest absolute Gasteiger partial charge is 0.169 e. The Morgan fingerprint density at radius 3 is 2.30 bits per heavy atom. The van der Waals surface area contributed by atoms with Crippen molar-refractivity contribution in [3.63, 3.8) is 0 Å². The summed E-state index contributed by atoms with van der Waals surface area (Å²) in [6.45, 7) is 0. The number of hydrogen-bond acceptors (Lipinski definition) is 3. The maximum absolute atomic E-state index is 12.1. The van der Waals surface area contributed by atoms with Gasteiger partial charge in [0.05, 0.1) is 11.3 Å². The molecular formula is C17H13NOS. The maximum atomic E-state index is 12.1. The van der Waals surface area contributed by atoms with E-state index in [1.807, 2.05) is 54.7 Å². The third-order valence-corrected chi connectivity index (χ3v) is 4.07. The van der Waals surface area contributed by atoms with Crippen LogP contribution in [0.25, 0.3) is 10.4 Å². The summed E-state index contributed by atoms with van der Waals surface area (Å²) >= 11 is 1.58. The van der Waals surface area contributed by atoms with Gasteiger partial charge in [-0.3, -0.25) is 4.79 Å². The van der Waals surface area contributed by atoms with Crippen LogP contribution < -0.4 is 0 Å². The van der Waals surface area contributed by atoms with Gasteiger partial charge in [0.1, 0.15) is 5.01 Å². The number of Topliss-reactive ketones (excluding diaryl/α,β-unsaturated/α-hetero) is 1. The van der Waals surface area contributed by atoms with Gasteiger partial charge in [-0.05, 0) is 5.56 Å². The lowest BCUT2D eigenvalue weighted by Gasteiger charge is -1.97. The zero-order chi connectivity index (χ0) is 13.8.